The Morgan fingerprint density at radius 2 is 1.52 bits per heavy atom. The lowest BCUT2D eigenvalue weighted by molar-refractivity contribution is -0.140. The first-order chi connectivity index (χ1) is 12.0. The quantitative estimate of drug-likeness (QED) is 0.237. The Kier molecular flexibility index (Phi) is 14.1. The van der Waals surface area contributed by atoms with E-state index in [4.69, 9.17) is 10.2 Å². The number of aliphatic carboxylic acids is 2. The van der Waals surface area contributed by atoms with Crippen molar-refractivity contribution in [2.75, 3.05) is 0 Å². The minimum atomic E-state index is -1.31. The molecule has 0 aliphatic heterocycles. The fourth-order valence-electron chi connectivity index (χ4n) is 2.27. The minimum absolute atomic E-state index is 0.241. The Bertz CT molecular complexity index is 457. The molecule has 0 bridgehead atoms. The van der Waals surface area contributed by atoms with E-state index in [1.807, 2.05) is 0 Å². The SMILES string of the molecule is CCCCCC/C=C\CCCCCC(=O)NC(/C=C/C(=O)O)C(=O)O. The largest absolute Gasteiger partial charge is 0.479 e. The van der Waals surface area contributed by atoms with Crippen molar-refractivity contribution in [1.82, 2.24) is 5.32 Å². The fourth-order valence-corrected chi connectivity index (χ4v) is 2.27. The second-order valence-electron chi connectivity index (χ2n) is 6.00. The summed E-state index contributed by atoms with van der Waals surface area (Å²) in [5.41, 5.74) is 0. The van der Waals surface area contributed by atoms with Crippen molar-refractivity contribution in [1.29, 1.82) is 0 Å². The number of allylic oxidation sites excluding steroid dienone is 2. The molecule has 1 amide bonds. The average Bonchev–Trinajstić information content (AvgIpc) is 2.56. The molecule has 0 saturated heterocycles. The normalized spacial score (nSPS) is 12.5. The second kappa shape index (κ2) is 15.4. The monoisotopic (exact) mass is 353 g/mol. The van der Waals surface area contributed by atoms with Crippen LogP contribution in [0.2, 0.25) is 0 Å². The van der Waals surface area contributed by atoms with Crippen LogP contribution in [-0.2, 0) is 14.4 Å². The van der Waals surface area contributed by atoms with Crippen LogP contribution in [0.1, 0.15) is 71.1 Å². The van der Waals surface area contributed by atoms with Gasteiger partial charge in [-0.3, -0.25) is 4.79 Å². The van der Waals surface area contributed by atoms with Gasteiger partial charge in [-0.2, -0.15) is 0 Å². The molecule has 0 aliphatic rings. The smallest absolute Gasteiger partial charge is 0.330 e. The van der Waals surface area contributed by atoms with Crippen LogP contribution in [0.5, 0.6) is 0 Å². The van der Waals surface area contributed by atoms with Crippen molar-refractivity contribution in [3.63, 3.8) is 0 Å². The van der Waals surface area contributed by atoms with Gasteiger partial charge in [0.15, 0.2) is 0 Å². The van der Waals surface area contributed by atoms with Crippen molar-refractivity contribution in [2.45, 2.75) is 77.2 Å². The van der Waals surface area contributed by atoms with Crippen LogP contribution in [0.25, 0.3) is 0 Å². The zero-order valence-corrected chi connectivity index (χ0v) is 15.1. The maximum Gasteiger partial charge on any atom is 0.330 e. The van der Waals surface area contributed by atoms with Gasteiger partial charge in [-0.05, 0) is 38.2 Å². The zero-order valence-electron chi connectivity index (χ0n) is 15.1. The summed E-state index contributed by atoms with van der Waals surface area (Å²) in [6, 6.07) is -1.31. The predicted octanol–water partition coefficient (Wildman–Crippen LogP) is 3.67. The standard InChI is InChI=1S/C19H31NO5/c1-2-3-4-5-6-7-8-9-10-11-12-13-17(21)20-16(19(24)25)14-15-18(22)23/h7-8,14-16H,2-6,9-13H2,1H3,(H,20,21)(H,22,23)(H,24,25)/b8-7-,15-14+. The summed E-state index contributed by atoms with van der Waals surface area (Å²) >= 11 is 0. The Morgan fingerprint density at radius 1 is 0.920 bits per heavy atom. The van der Waals surface area contributed by atoms with E-state index in [9.17, 15) is 14.4 Å². The predicted molar refractivity (Wildman–Crippen MR) is 97.3 cm³/mol. The van der Waals surface area contributed by atoms with Crippen molar-refractivity contribution in [2.24, 2.45) is 0 Å². The average molecular weight is 353 g/mol. The number of hydrogen-bond donors (Lipinski definition) is 3. The summed E-state index contributed by atoms with van der Waals surface area (Å²) in [6.07, 6.45) is 16.1. The van der Waals surface area contributed by atoms with Crippen molar-refractivity contribution in [3.8, 4) is 0 Å². The van der Waals surface area contributed by atoms with E-state index in [2.05, 4.69) is 24.4 Å². The van der Waals surface area contributed by atoms with Crippen molar-refractivity contribution < 1.29 is 24.6 Å². The summed E-state index contributed by atoms with van der Waals surface area (Å²) in [7, 11) is 0. The van der Waals surface area contributed by atoms with Crippen LogP contribution in [0.15, 0.2) is 24.3 Å². The number of unbranched alkanes of at least 4 members (excludes halogenated alkanes) is 7. The van der Waals surface area contributed by atoms with E-state index in [1.165, 1.54) is 25.7 Å². The molecule has 0 rings (SSSR count). The van der Waals surface area contributed by atoms with Crippen LogP contribution >= 0.6 is 0 Å². The first-order valence-corrected chi connectivity index (χ1v) is 9.05. The minimum Gasteiger partial charge on any atom is -0.479 e. The van der Waals surface area contributed by atoms with Gasteiger partial charge in [-0.15, -0.1) is 0 Å². The highest BCUT2D eigenvalue weighted by molar-refractivity contribution is 5.87. The molecule has 1 atom stereocenters. The molecule has 6 heteroatoms. The molecule has 142 valence electrons. The molecule has 0 aromatic rings. The molecule has 0 spiro atoms. The lowest BCUT2D eigenvalue weighted by Gasteiger charge is -2.10. The first-order valence-electron chi connectivity index (χ1n) is 9.05. The van der Waals surface area contributed by atoms with Gasteiger partial charge in [0, 0.05) is 12.5 Å². The third kappa shape index (κ3) is 15.2. The van der Waals surface area contributed by atoms with Gasteiger partial charge >= 0.3 is 11.9 Å². The molecule has 3 N–H and O–H groups in total. The molecule has 0 aromatic heterocycles. The molecular formula is C19H31NO5. The van der Waals surface area contributed by atoms with Gasteiger partial charge in [0.25, 0.3) is 0 Å². The van der Waals surface area contributed by atoms with Crippen molar-refractivity contribution in [3.05, 3.63) is 24.3 Å². The molecule has 0 saturated carbocycles. The van der Waals surface area contributed by atoms with Crippen LogP contribution in [0.3, 0.4) is 0 Å². The number of carboxylic acid groups (broad SMARTS) is 2. The summed E-state index contributed by atoms with van der Waals surface area (Å²) < 4.78 is 0. The van der Waals surface area contributed by atoms with Gasteiger partial charge in [0.1, 0.15) is 6.04 Å². The van der Waals surface area contributed by atoms with Gasteiger partial charge in [-0.1, -0.05) is 44.8 Å². The molecule has 0 aliphatic carbocycles. The Hall–Kier alpha value is -2.11. The molecule has 0 radical (unpaired) electrons. The van der Waals surface area contributed by atoms with E-state index in [1.54, 1.807) is 0 Å². The second-order valence-corrected chi connectivity index (χ2v) is 6.00. The van der Waals surface area contributed by atoms with Gasteiger partial charge in [0.2, 0.25) is 5.91 Å². The number of nitrogens with one attached hydrogen (secondary N) is 1. The maximum absolute atomic E-state index is 11.7. The van der Waals surface area contributed by atoms with Crippen LogP contribution in [-0.4, -0.2) is 34.1 Å². The van der Waals surface area contributed by atoms with E-state index >= 15 is 0 Å². The maximum atomic E-state index is 11.7. The topological polar surface area (TPSA) is 104 Å². The van der Waals surface area contributed by atoms with Crippen LogP contribution in [0, 0.1) is 0 Å². The fraction of sp³-hybridized carbons (Fsp3) is 0.632. The number of carbonyl (C=O) groups excluding carboxylic acids is 1. The molecule has 6 nitrogen and oxygen atoms in total. The highest BCUT2D eigenvalue weighted by Crippen LogP contribution is 2.06. The highest BCUT2D eigenvalue weighted by Gasteiger charge is 2.16. The summed E-state index contributed by atoms with van der Waals surface area (Å²) in [5.74, 6) is -2.91. The molecule has 0 fully saturated rings. The molecule has 25 heavy (non-hydrogen) atoms. The number of hydrogen-bond acceptors (Lipinski definition) is 3. The number of amides is 1. The zero-order chi connectivity index (χ0) is 18.9. The van der Waals surface area contributed by atoms with E-state index in [0.717, 1.165) is 31.8 Å². The molecule has 0 heterocycles. The molecule has 0 aromatic carbocycles. The third-order valence-electron chi connectivity index (χ3n) is 3.68. The lowest BCUT2D eigenvalue weighted by Crippen LogP contribution is -2.39. The van der Waals surface area contributed by atoms with E-state index in [-0.39, 0.29) is 12.3 Å². The number of carbonyl (C=O) groups is 3. The van der Waals surface area contributed by atoms with E-state index in [0.29, 0.717) is 12.5 Å². The lowest BCUT2D eigenvalue weighted by atomic mass is 10.1. The highest BCUT2D eigenvalue weighted by atomic mass is 16.4. The van der Waals surface area contributed by atoms with Crippen LogP contribution < -0.4 is 5.32 Å². The Morgan fingerprint density at radius 3 is 2.04 bits per heavy atom. The molecular weight excluding hydrogens is 322 g/mol. The third-order valence-corrected chi connectivity index (χ3v) is 3.68. The Balaban J connectivity index is 3.76. The van der Waals surface area contributed by atoms with Gasteiger partial charge in [-0.25, -0.2) is 9.59 Å². The van der Waals surface area contributed by atoms with Gasteiger partial charge in [0.05, 0.1) is 0 Å². The van der Waals surface area contributed by atoms with Crippen LogP contribution in [0.4, 0.5) is 0 Å². The van der Waals surface area contributed by atoms with Crippen molar-refractivity contribution >= 4 is 17.8 Å². The number of carboxylic acids is 2. The summed E-state index contributed by atoms with van der Waals surface area (Å²) in [5, 5.41) is 19.7. The Labute approximate surface area is 150 Å². The molecule has 1 unspecified atom stereocenters. The van der Waals surface area contributed by atoms with E-state index < -0.39 is 18.0 Å². The summed E-state index contributed by atoms with van der Waals surface area (Å²) in [4.78, 5) is 33.0. The summed E-state index contributed by atoms with van der Waals surface area (Å²) in [6.45, 7) is 2.20. The number of rotatable bonds is 15. The van der Waals surface area contributed by atoms with Gasteiger partial charge < -0.3 is 15.5 Å². The first kappa shape index (κ1) is 22.9.